The molecule has 2 rings (SSSR count). The highest BCUT2D eigenvalue weighted by molar-refractivity contribution is 5.41. The summed E-state index contributed by atoms with van der Waals surface area (Å²) in [4.78, 5) is 0. The molecular weight excluding hydrogens is 210 g/mol. The summed E-state index contributed by atoms with van der Waals surface area (Å²) in [6.07, 6.45) is 1.21. The first kappa shape index (κ1) is 12.4. The van der Waals surface area contributed by atoms with Gasteiger partial charge in [0.2, 0.25) is 0 Å². The van der Waals surface area contributed by atoms with Crippen molar-refractivity contribution in [2.75, 3.05) is 13.7 Å². The number of ether oxygens (including phenoxy) is 1. The lowest BCUT2D eigenvalue weighted by atomic mass is 9.96. The van der Waals surface area contributed by atoms with Crippen LogP contribution in [0.5, 0.6) is 5.75 Å². The molecule has 0 saturated carbocycles. The Labute approximate surface area is 104 Å². The Morgan fingerprint density at radius 1 is 1.35 bits per heavy atom. The fraction of sp³-hybridized carbons (Fsp3) is 0.600. The first-order valence-electron chi connectivity index (χ1n) is 6.53. The summed E-state index contributed by atoms with van der Waals surface area (Å²) in [6, 6.07) is 7.10. The topological polar surface area (TPSA) is 21.3 Å². The highest BCUT2D eigenvalue weighted by Gasteiger charge is 2.24. The largest absolute Gasteiger partial charge is 0.496 e. The van der Waals surface area contributed by atoms with Gasteiger partial charge >= 0.3 is 0 Å². The van der Waals surface area contributed by atoms with Crippen LogP contribution in [-0.4, -0.2) is 13.7 Å². The van der Waals surface area contributed by atoms with Crippen LogP contribution in [0.1, 0.15) is 50.3 Å². The Balaban J connectivity index is 2.28. The molecular formula is C15H23NO. The van der Waals surface area contributed by atoms with Gasteiger partial charge in [-0.15, -0.1) is 0 Å². The van der Waals surface area contributed by atoms with Crippen LogP contribution in [-0.2, 0) is 0 Å². The van der Waals surface area contributed by atoms with Crippen LogP contribution in [0.2, 0.25) is 0 Å². The predicted octanol–water partition coefficient (Wildman–Crippen LogP) is 3.49. The highest BCUT2D eigenvalue weighted by atomic mass is 16.5. The molecule has 94 valence electrons. The van der Waals surface area contributed by atoms with Crippen molar-refractivity contribution in [1.82, 2.24) is 5.32 Å². The Morgan fingerprint density at radius 3 is 2.65 bits per heavy atom. The summed E-state index contributed by atoms with van der Waals surface area (Å²) in [5.41, 5.74) is 2.65. The van der Waals surface area contributed by atoms with Gasteiger partial charge in [0.25, 0.3) is 0 Å². The molecule has 1 fully saturated rings. The summed E-state index contributed by atoms with van der Waals surface area (Å²) in [5.74, 6) is 2.34. The minimum absolute atomic E-state index is 0.459. The molecule has 2 heteroatoms. The van der Waals surface area contributed by atoms with E-state index in [2.05, 4.69) is 44.3 Å². The molecule has 0 aromatic heterocycles. The summed E-state index contributed by atoms with van der Waals surface area (Å²) in [5, 5.41) is 3.57. The van der Waals surface area contributed by atoms with E-state index < -0.39 is 0 Å². The molecule has 0 radical (unpaired) electrons. The molecule has 1 aromatic rings. The minimum atomic E-state index is 0.459. The molecule has 0 bridgehead atoms. The zero-order valence-electron chi connectivity index (χ0n) is 11.3. The van der Waals surface area contributed by atoms with Crippen molar-refractivity contribution in [3.8, 4) is 5.75 Å². The van der Waals surface area contributed by atoms with Gasteiger partial charge in [-0.05, 0) is 36.4 Å². The van der Waals surface area contributed by atoms with Gasteiger partial charge in [0.05, 0.1) is 7.11 Å². The van der Waals surface area contributed by atoms with Crippen molar-refractivity contribution >= 4 is 0 Å². The van der Waals surface area contributed by atoms with E-state index in [0.717, 1.165) is 18.2 Å². The van der Waals surface area contributed by atoms with E-state index in [9.17, 15) is 0 Å². The summed E-state index contributed by atoms with van der Waals surface area (Å²) in [6.45, 7) is 7.83. The van der Waals surface area contributed by atoms with Gasteiger partial charge in [-0.3, -0.25) is 0 Å². The van der Waals surface area contributed by atoms with Crippen LogP contribution < -0.4 is 10.1 Å². The number of nitrogens with one attached hydrogen (secondary N) is 1. The number of hydrogen-bond acceptors (Lipinski definition) is 2. The average Bonchev–Trinajstić information content (AvgIpc) is 2.74. The molecule has 1 saturated heterocycles. The lowest BCUT2D eigenvalue weighted by Crippen LogP contribution is -2.14. The Morgan fingerprint density at radius 2 is 2.12 bits per heavy atom. The van der Waals surface area contributed by atoms with Crippen molar-refractivity contribution in [3.63, 3.8) is 0 Å². The maximum atomic E-state index is 5.54. The maximum Gasteiger partial charge on any atom is 0.123 e. The molecule has 0 amide bonds. The Kier molecular flexibility index (Phi) is 3.72. The third-order valence-corrected chi connectivity index (χ3v) is 3.65. The second-order valence-electron chi connectivity index (χ2n) is 5.46. The molecule has 17 heavy (non-hydrogen) atoms. The van der Waals surface area contributed by atoms with E-state index in [1.54, 1.807) is 7.11 Å². The van der Waals surface area contributed by atoms with E-state index in [1.165, 1.54) is 17.5 Å². The van der Waals surface area contributed by atoms with Crippen molar-refractivity contribution < 1.29 is 4.74 Å². The van der Waals surface area contributed by atoms with Gasteiger partial charge in [0, 0.05) is 11.6 Å². The predicted molar refractivity (Wildman–Crippen MR) is 71.6 cm³/mol. The zero-order chi connectivity index (χ0) is 12.4. The fourth-order valence-corrected chi connectivity index (χ4v) is 2.52. The molecule has 1 aliphatic rings. The van der Waals surface area contributed by atoms with E-state index >= 15 is 0 Å². The van der Waals surface area contributed by atoms with Crippen LogP contribution in [0.15, 0.2) is 18.2 Å². The normalized spacial score (nSPS) is 24.3. The van der Waals surface area contributed by atoms with Crippen LogP contribution in [0.25, 0.3) is 0 Å². The van der Waals surface area contributed by atoms with E-state index in [1.807, 2.05) is 0 Å². The summed E-state index contributed by atoms with van der Waals surface area (Å²) >= 11 is 0. The van der Waals surface area contributed by atoms with Gasteiger partial charge in [-0.2, -0.15) is 0 Å². The minimum Gasteiger partial charge on any atom is -0.496 e. The Bertz CT molecular complexity index is 387. The highest BCUT2D eigenvalue weighted by Crippen LogP contribution is 2.34. The van der Waals surface area contributed by atoms with E-state index in [-0.39, 0.29) is 0 Å². The quantitative estimate of drug-likeness (QED) is 0.863. The van der Waals surface area contributed by atoms with Gasteiger partial charge in [0.1, 0.15) is 5.75 Å². The molecule has 2 nitrogen and oxygen atoms in total. The second kappa shape index (κ2) is 5.09. The summed E-state index contributed by atoms with van der Waals surface area (Å²) in [7, 11) is 1.77. The molecule has 1 aliphatic heterocycles. The number of benzene rings is 1. The van der Waals surface area contributed by atoms with Crippen molar-refractivity contribution in [1.29, 1.82) is 0 Å². The number of hydrogen-bond donors (Lipinski definition) is 1. The smallest absolute Gasteiger partial charge is 0.123 e. The molecule has 1 aromatic carbocycles. The lowest BCUT2D eigenvalue weighted by Gasteiger charge is -2.17. The van der Waals surface area contributed by atoms with Crippen molar-refractivity contribution in [2.45, 2.75) is 39.2 Å². The summed E-state index contributed by atoms with van der Waals surface area (Å²) < 4.78 is 5.54. The standard InChI is InChI=1S/C15H23NO/c1-10(2)12-5-6-13(15(8-12)17-4)14-7-11(3)9-16-14/h5-6,8,10-11,14,16H,7,9H2,1-4H3/t11-,14-/m0/s1. The van der Waals surface area contributed by atoms with Gasteiger partial charge in [-0.1, -0.05) is 32.9 Å². The Hall–Kier alpha value is -1.02. The number of rotatable bonds is 3. The fourth-order valence-electron chi connectivity index (χ4n) is 2.52. The molecule has 1 heterocycles. The monoisotopic (exact) mass is 233 g/mol. The van der Waals surface area contributed by atoms with Crippen LogP contribution in [0, 0.1) is 5.92 Å². The maximum absolute atomic E-state index is 5.54. The lowest BCUT2D eigenvalue weighted by molar-refractivity contribution is 0.402. The van der Waals surface area contributed by atoms with Crippen molar-refractivity contribution in [2.24, 2.45) is 5.92 Å². The third kappa shape index (κ3) is 2.63. The first-order valence-corrected chi connectivity index (χ1v) is 6.53. The van der Waals surface area contributed by atoms with E-state index in [4.69, 9.17) is 4.74 Å². The molecule has 1 N–H and O–H groups in total. The average molecular weight is 233 g/mol. The number of methoxy groups -OCH3 is 1. The SMILES string of the molecule is COc1cc(C(C)C)ccc1[C@@H]1C[C@H](C)CN1. The van der Waals surface area contributed by atoms with Crippen LogP contribution >= 0.6 is 0 Å². The first-order chi connectivity index (χ1) is 8.11. The van der Waals surface area contributed by atoms with E-state index in [0.29, 0.717) is 12.0 Å². The molecule has 0 unspecified atom stereocenters. The molecule has 0 spiro atoms. The zero-order valence-corrected chi connectivity index (χ0v) is 11.3. The third-order valence-electron chi connectivity index (χ3n) is 3.65. The van der Waals surface area contributed by atoms with Gasteiger partial charge < -0.3 is 10.1 Å². The van der Waals surface area contributed by atoms with Crippen molar-refractivity contribution in [3.05, 3.63) is 29.3 Å². The van der Waals surface area contributed by atoms with Crippen LogP contribution in [0.4, 0.5) is 0 Å². The molecule has 0 aliphatic carbocycles. The van der Waals surface area contributed by atoms with Gasteiger partial charge in [-0.25, -0.2) is 0 Å². The van der Waals surface area contributed by atoms with Gasteiger partial charge in [0.15, 0.2) is 0 Å². The van der Waals surface area contributed by atoms with Crippen LogP contribution in [0.3, 0.4) is 0 Å². The molecule has 2 atom stereocenters. The second-order valence-corrected chi connectivity index (χ2v) is 5.46.